The number of ether oxygens (including phenoxy) is 2. The summed E-state index contributed by atoms with van der Waals surface area (Å²) in [7, 11) is -0.540. The first-order chi connectivity index (χ1) is 10.9. The molecule has 2 saturated carbocycles. The fourth-order valence-electron chi connectivity index (χ4n) is 3.01. The molecule has 0 amide bonds. The van der Waals surface area contributed by atoms with Crippen LogP contribution < -0.4 is 9.47 Å². The minimum Gasteiger partial charge on any atom is -0.493 e. The summed E-state index contributed by atoms with van der Waals surface area (Å²) in [6.07, 6.45) is 4.13. The highest BCUT2D eigenvalue weighted by Gasteiger charge is 2.46. The summed E-state index contributed by atoms with van der Waals surface area (Å²) < 4.78 is 39.3. The Morgan fingerprint density at radius 3 is 2.17 bits per heavy atom. The van der Waals surface area contributed by atoms with Crippen molar-refractivity contribution in [3.8, 4) is 11.5 Å². The van der Waals surface area contributed by atoms with Crippen LogP contribution in [0.15, 0.2) is 21.5 Å². The summed E-state index contributed by atoms with van der Waals surface area (Å²) in [5, 5.41) is 0. The molecular weight excluding hydrogens is 382 g/mol. The quantitative estimate of drug-likeness (QED) is 0.699. The molecule has 0 radical (unpaired) electrons. The molecule has 0 saturated heterocycles. The molecule has 5 nitrogen and oxygen atoms in total. The first-order valence-electron chi connectivity index (χ1n) is 7.85. The summed E-state index contributed by atoms with van der Waals surface area (Å²) in [5.74, 6) is 1.42. The fraction of sp³-hybridized carbons (Fsp3) is 0.625. The lowest BCUT2D eigenvalue weighted by molar-refractivity contribution is 0.301. The average molecular weight is 404 g/mol. The van der Waals surface area contributed by atoms with Gasteiger partial charge in [-0.25, -0.2) is 8.42 Å². The first kappa shape index (κ1) is 17.0. The van der Waals surface area contributed by atoms with Gasteiger partial charge in [0.1, 0.15) is 4.90 Å². The second-order valence-corrected chi connectivity index (χ2v) is 8.95. The lowest BCUT2D eigenvalue weighted by Crippen LogP contribution is -2.41. The van der Waals surface area contributed by atoms with Crippen molar-refractivity contribution >= 4 is 26.0 Å². The molecule has 2 aliphatic rings. The van der Waals surface area contributed by atoms with Crippen LogP contribution in [0.5, 0.6) is 11.5 Å². The van der Waals surface area contributed by atoms with Crippen LogP contribution in [0.4, 0.5) is 0 Å². The zero-order valence-electron chi connectivity index (χ0n) is 13.6. The predicted octanol–water partition coefficient (Wildman–Crippen LogP) is 3.42. The molecule has 0 bridgehead atoms. The number of hydrogen-bond donors (Lipinski definition) is 0. The molecular formula is C16H22BrNO4S. The van der Waals surface area contributed by atoms with Crippen LogP contribution in [0, 0.1) is 5.92 Å². The zero-order valence-corrected chi connectivity index (χ0v) is 16.0. The van der Waals surface area contributed by atoms with Gasteiger partial charge in [0.2, 0.25) is 10.0 Å². The molecule has 2 aliphatic carbocycles. The molecule has 7 heteroatoms. The molecule has 23 heavy (non-hydrogen) atoms. The smallest absolute Gasteiger partial charge is 0.244 e. The fourth-order valence-corrected chi connectivity index (χ4v) is 5.95. The van der Waals surface area contributed by atoms with Crippen LogP contribution in [0.25, 0.3) is 0 Å². The summed E-state index contributed by atoms with van der Waals surface area (Å²) >= 11 is 3.39. The largest absolute Gasteiger partial charge is 0.493 e. The SMILES string of the molecule is COc1cc(Br)c(S(=O)(=O)N(C2CC2)[C@H](C)C2CC2)cc1OC. The van der Waals surface area contributed by atoms with Crippen molar-refractivity contribution in [1.82, 2.24) is 4.31 Å². The van der Waals surface area contributed by atoms with Crippen LogP contribution in [0.1, 0.15) is 32.6 Å². The number of halogens is 1. The second-order valence-electron chi connectivity index (χ2n) is 6.28. The van der Waals surface area contributed by atoms with Crippen molar-refractivity contribution in [2.24, 2.45) is 5.92 Å². The van der Waals surface area contributed by atoms with E-state index in [1.54, 1.807) is 16.4 Å². The van der Waals surface area contributed by atoms with Crippen LogP contribution in [0.3, 0.4) is 0 Å². The minimum absolute atomic E-state index is 0.0486. The first-order valence-corrected chi connectivity index (χ1v) is 10.1. The highest BCUT2D eigenvalue weighted by Crippen LogP contribution is 2.44. The van der Waals surface area contributed by atoms with Gasteiger partial charge in [-0.1, -0.05) is 0 Å². The van der Waals surface area contributed by atoms with E-state index < -0.39 is 10.0 Å². The summed E-state index contributed by atoms with van der Waals surface area (Å²) in [4.78, 5) is 0.245. The van der Waals surface area contributed by atoms with E-state index in [2.05, 4.69) is 15.9 Å². The second kappa shape index (κ2) is 6.26. The van der Waals surface area contributed by atoms with Crippen LogP contribution >= 0.6 is 15.9 Å². The van der Waals surface area contributed by atoms with Gasteiger partial charge >= 0.3 is 0 Å². The molecule has 0 N–H and O–H groups in total. The van der Waals surface area contributed by atoms with E-state index in [0.717, 1.165) is 25.7 Å². The third kappa shape index (κ3) is 3.23. The Morgan fingerprint density at radius 2 is 1.70 bits per heavy atom. The van der Waals surface area contributed by atoms with Gasteiger partial charge in [-0.15, -0.1) is 0 Å². The van der Waals surface area contributed by atoms with Gasteiger partial charge in [-0.2, -0.15) is 4.31 Å². The molecule has 0 unspecified atom stereocenters. The van der Waals surface area contributed by atoms with Gasteiger partial charge in [-0.3, -0.25) is 0 Å². The standard InChI is InChI=1S/C16H22BrNO4S/c1-10(11-4-5-11)18(12-6-7-12)23(19,20)16-9-15(22-3)14(21-2)8-13(16)17/h8-12H,4-7H2,1-3H3/t10-/m1/s1. The third-order valence-electron chi connectivity index (χ3n) is 4.61. The molecule has 1 aromatic rings. The van der Waals surface area contributed by atoms with Crippen molar-refractivity contribution in [1.29, 1.82) is 0 Å². The van der Waals surface area contributed by atoms with Crippen LogP contribution in [0.2, 0.25) is 0 Å². The molecule has 0 spiro atoms. The normalized spacial score (nSPS) is 19.7. The Morgan fingerprint density at radius 1 is 1.13 bits per heavy atom. The van der Waals surface area contributed by atoms with E-state index in [4.69, 9.17) is 9.47 Å². The van der Waals surface area contributed by atoms with Gasteiger partial charge in [0.25, 0.3) is 0 Å². The highest BCUT2D eigenvalue weighted by atomic mass is 79.9. The number of benzene rings is 1. The molecule has 1 aromatic carbocycles. The Hall–Kier alpha value is -0.790. The van der Waals surface area contributed by atoms with Gasteiger partial charge in [-0.05, 0) is 60.5 Å². The molecule has 2 fully saturated rings. The van der Waals surface area contributed by atoms with E-state index in [0.29, 0.717) is 21.9 Å². The maximum atomic E-state index is 13.3. The topological polar surface area (TPSA) is 55.8 Å². The molecule has 1 atom stereocenters. The Balaban J connectivity index is 2.03. The maximum absolute atomic E-state index is 13.3. The molecule has 0 aromatic heterocycles. The Kier molecular flexibility index (Phi) is 4.64. The molecule has 0 heterocycles. The minimum atomic E-state index is -3.58. The number of hydrogen-bond acceptors (Lipinski definition) is 4. The molecule has 0 aliphatic heterocycles. The third-order valence-corrected chi connectivity index (χ3v) is 7.60. The van der Waals surface area contributed by atoms with Gasteiger partial charge < -0.3 is 9.47 Å². The molecule has 128 valence electrons. The zero-order chi connectivity index (χ0) is 16.8. The maximum Gasteiger partial charge on any atom is 0.244 e. The summed E-state index contributed by atoms with van der Waals surface area (Å²) in [6, 6.07) is 3.38. The monoisotopic (exact) mass is 403 g/mol. The predicted molar refractivity (Wildman–Crippen MR) is 91.5 cm³/mol. The number of sulfonamides is 1. The lowest BCUT2D eigenvalue weighted by Gasteiger charge is -2.29. The average Bonchev–Trinajstić information content (AvgIpc) is 3.37. The van der Waals surface area contributed by atoms with Gasteiger partial charge in [0.05, 0.1) is 14.2 Å². The summed E-state index contributed by atoms with van der Waals surface area (Å²) in [5.41, 5.74) is 0. The lowest BCUT2D eigenvalue weighted by atomic mass is 10.2. The van der Waals surface area contributed by atoms with E-state index in [1.165, 1.54) is 14.2 Å². The number of methoxy groups -OCH3 is 2. The highest BCUT2D eigenvalue weighted by molar-refractivity contribution is 9.10. The van der Waals surface area contributed by atoms with E-state index in [-0.39, 0.29) is 17.0 Å². The van der Waals surface area contributed by atoms with E-state index in [1.807, 2.05) is 6.92 Å². The van der Waals surface area contributed by atoms with E-state index in [9.17, 15) is 8.42 Å². The van der Waals surface area contributed by atoms with Crippen molar-refractivity contribution < 1.29 is 17.9 Å². The Labute approximate surface area is 146 Å². The van der Waals surface area contributed by atoms with E-state index >= 15 is 0 Å². The molecule has 3 rings (SSSR count). The van der Waals surface area contributed by atoms with Gasteiger partial charge in [0.15, 0.2) is 11.5 Å². The van der Waals surface area contributed by atoms with Crippen molar-refractivity contribution in [2.75, 3.05) is 14.2 Å². The van der Waals surface area contributed by atoms with Crippen molar-refractivity contribution in [2.45, 2.75) is 49.6 Å². The van der Waals surface area contributed by atoms with Gasteiger partial charge in [0, 0.05) is 22.6 Å². The van der Waals surface area contributed by atoms with Crippen LogP contribution in [-0.4, -0.2) is 39.0 Å². The Bertz CT molecular complexity index is 698. The van der Waals surface area contributed by atoms with Crippen LogP contribution in [-0.2, 0) is 10.0 Å². The number of nitrogens with zero attached hydrogens (tertiary/aromatic N) is 1. The van der Waals surface area contributed by atoms with Crippen molar-refractivity contribution in [3.05, 3.63) is 16.6 Å². The number of rotatable bonds is 7. The summed E-state index contributed by atoms with van der Waals surface area (Å²) in [6.45, 7) is 2.03. The van der Waals surface area contributed by atoms with Crippen molar-refractivity contribution in [3.63, 3.8) is 0 Å².